The van der Waals surface area contributed by atoms with Crippen molar-refractivity contribution in [1.29, 1.82) is 0 Å². The summed E-state index contributed by atoms with van der Waals surface area (Å²) in [6.07, 6.45) is 1.83. The molecule has 0 bridgehead atoms. The summed E-state index contributed by atoms with van der Waals surface area (Å²) in [7, 11) is 0. The number of Topliss-reactive ketones (excluding diaryl/α,β-unsaturated/α-hetero) is 1. The van der Waals surface area contributed by atoms with Gasteiger partial charge in [0, 0.05) is 17.8 Å². The second kappa shape index (κ2) is 3.87. The molecule has 1 aliphatic rings. The minimum atomic E-state index is -0.493. The molecule has 0 spiro atoms. The minimum Gasteiger partial charge on any atom is -0.380 e. The Morgan fingerprint density at radius 1 is 1.53 bits per heavy atom. The van der Waals surface area contributed by atoms with Crippen LogP contribution in [0.1, 0.15) is 12.5 Å². The molecule has 2 rings (SSSR count). The highest BCUT2D eigenvalue weighted by molar-refractivity contribution is 5.89. The van der Waals surface area contributed by atoms with Gasteiger partial charge in [-0.15, -0.1) is 0 Å². The number of para-hydroxylation sites is 1. The summed E-state index contributed by atoms with van der Waals surface area (Å²) in [5.74, 6) is -0.00752. The average molecular weight is 202 g/mol. The first-order valence-corrected chi connectivity index (χ1v) is 4.98. The van der Waals surface area contributed by atoms with Gasteiger partial charge in [-0.1, -0.05) is 24.3 Å². The largest absolute Gasteiger partial charge is 0.380 e. The van der Waals surface area contributed by atoms with E-state index in [0.29, 0.717) is 0 Å². The molecule has 0 aromatic heterocycles. The number of anilines is 1. The van der Waals surface area contributed by atoms with Crippen molar-refractivity contribution < 1.29 is 4.79 Å². The Hall–Kier alpha value is -1.61. The fraction of sp³-hybridized carbons (Fsp3) is 0.250. The van der Waals surface area contributed by atoms with Crippen LogP contribution < -0.4 is 11.1 Å². The summed E-state index contributed by atoms with van der Waals surface area (Å²) in [4.78, 5) is 11.1. The number of rotatable bonds is 2. The van der Waals surface area contributed by atoms with Crippen molar-refractivity contribution in [3.8, 4) is 0 Å². The first-order chi connectivity index (χ1) is 7.18. The van der Waals surface area contributed by atoms with Crippen molar-refractivity contribution in [3.05, 3.63) is 35.9 Å². The van der Waals surface area contributed by atoms with E-state index in [-0.39, 0.29) is 5.78 Å². The SMILES string of the molecule is CC(=O)C(N)C=C1CNc2ccccc21. The molecule has 0 amide bonds. The van der Waals surface area contributed by atoms with Crippen LogP contribution in [-0.2, 0) is 4.79 Å². The van der Waals surface area contributed by atoms with E-state index >= 15 is 0 Å². The maximum absolute atomic E-state index is 11.1. The Morgan fingerprint density at radius 2 is 2.27 bits per heavy atom. The second-order valence-electron chi connectivity index (χ2n) is 3.73. The molecular weight excluding hydrogens is 188 g/mol. The second-order valence-corrected chi connectivity index (χ2v) is 3.73. The maximum atomic E-state index is 11.1. The third kappa shape index (κ3) is 1.92. The third-order valence-corrected chi connectivity index (χ3v) is 2.59. The third-order valence-electron chi connectivity index (χ3n) is 2.59. The normalized spacial score (nSPS) is 18.4. The molecule has 0 aliphatic carbocycles. The van der Waals surface area contributed by atoms with Crippen LogP contribution in [0.3, 0.4) is 0 Å². The van der Waals surface area contributed by atoms with E-state index in [9.17, 15) is 4.79 Å². The fourth-order valence-corrected chi connectivity index (χ4v) is 1.69. The molecule has 1 atom stereocenters. The zero-order valence-electron chi connectivity index (χ0n) is 8.66. The first-order valence-electron chi connectivity index (χ1n) is 4.98. The van der Waals surface area contributed by atoms with E-state index in [1.807, 2.05) is 30.3 Å². The molecule has 15 heavy (non-hydrogen) atoms. The van der Waals surface area contributed by atoms with Crippen LogP contribution in [0.2, 0.25) is 0 Å². The lowest BCUT2D eigenvalue weighted by molar-refractivity contribution is -0.117. The van der Waals surface area contributed by atoms with Gasteiger partial charge in [0.2, 0.25) is 0 Å². The van der Waals surface area contributed by atoms with Crippen molar-refractivity contribution in [2.75, 3.05) is 11.9 Å². The van der Waals surface area contributed by atoms with E-state index in [0.717, 1.165) is 23.4 Å². The van der Waals surface area contributed by atoms with Crippen LogP contribution in [0.25, 0.3) is 5.57 Å². The van der Waals surface area contributed by atoms with Crippen molar-refractivity contribution in [1.82, 2.24) is 0 Å². The van der Waals surface area contributed by atoms with Gasteiger partial charge in [0.15, 0.2) is 0 Å². The molecule has 0 saturated heterocycles. The number of carbonyl (C=O) groups is 1. The highest BCUT2D eigenvalue weighted by Gasteiger charge is 2.16. The lowest BCUT2D eigenvalue weighted by Gasteiger charge is -2.03. The molecule has 1 unspecified atom stereocenters. The van der Waals surface area contributed by atoms with Crippen molar-refractivity contribution in [2.45, 2.75) is 13.0 Å². The standard InChI is InChI=1S/C12H14N2O/c1-8(15)11(13)6-9-7-14-12-5-3-2-4-10(9)12/h2-6,11,14H,7,13H2,1H3. The number of fused-ring (bicyclic) bond motifs is 1. The van der Waals surface area contributed by atoms with Crippen molar-refractivity contribution in [2.24, 2.45) is 5.73 Å². The van der Waals surface area contributed by atoms with E-state index in [1.165, 1.54) is 6.92 Å². The first kappa shape index (κ1) is 9.93. The smallest absolute Gasteiger partial charge is 0.150 e. The molecule has 1 aromatic carbocycles. The maximum Gasteiger partial charge on any atom is 0.150 e. The van der Waals surface area contributed by atoms with Crippen LogP contribution in [0.4, 0.5) is 5.69 Å². The monoisotopic (exact) mass is 202 g/mol. The van der Waals surface area contributed by atoms with E-state index in [1.54, 1.807) is 0 Å². The van der Waals surface area contributed by atoms with E-state index in [2.05, 4.69) is 5.32 Å². The van der Waals surface area contributed by atoms with Crippen molar-refractivity contribution >= 4 is 17.0 Å². The van der Waals surface area contributed by atoms with Gasteiger partial charge in [0.05, 0.1) is 6.04 Å². The predicted octanol–water partition coefficient (Wildman–Crippen LogP) is 1.41. The number of nitrogens with two attached hydrogens (primary N) is 1. The molecule has 3 nitrogen and oxygen atoms in total. The van der Waals surface area contributed by atoms with Crippen LogP contribution in [-0.4, -0.2) is 18.4 Å². The molecule has 78 valence electrons. The quantitative estimate of drug-likeness (QED) is 0.762. The highest BCUT2D eigenvalue weighted by atomic mass is 16.1. The Kier molecular flexibility index (Phi) is 2.56. The lowest BCUT2D eigenvalue weighted by atomic mass is 10.0. The summed E-state index contributed by atoms with van der Waals surface area (Å²) in [5.41, 5.74) is 9.06. The molecule has 0 fully saturated rings. The minimum absolute atomic E-state index is 0.00752. The summed E-state index contributed by atoms with van der Waals surface area (Å²) in [6, 6.07) is 7.54. The molecular formula is C12H14N2O. The van der Waals surface area contributed by atoms with Crippen LogP contribution in [0.15, 0.2) is 30.3 Å². The number of hydrogen-bond acceptors (Lipinski definition) is 3. The Morgan fingerprint density at radius 3 is 3.00 bits per heavy atom. The van der Waals surface area contributed by atoms with Gasteiger partial charge >= 0.3 is 0 Å². The summed E-state index contributed by atoms with van der Waals surface area (Å²) >= 11 is 0. The summed E-state index contributed by atoms with van der Waals surface area (Å²) in [6.45, 7) is 2.26. The average Bonchev–Trinajstić information content (AvgIpc) is 2.62. The zero-order valence-corrected chi connectivity index (χ0v) is 8.66. The van der Waals surface area contributed by atoms with Gasteiger partial charge in [-0.2, -0.15) is 0 Å². The Bertz CT molecular complexity index is 423. The van der Waals surface area contributed by atoms with Gasteiger partial charge in [-0.3, -0.25) is 4.79 Å². The highest BCUT2D eigenvalue weighted by Crippen LogP contribution is 2.29. The van der Waals surface area contributed by atoms with E-state index in [4.69, 9.17) is 5.73 Å². The molecule has 0 radical (unpaired) electrons. The van der Waals surface area contributed by atoms with Crippen LogP contribution in [0, 0.1) is 0 Å². The van der Waals surface area contributed by atoms with Gasteiger partial charge in [-0.25, -0.2) is 0 Å². The predicted molar refractivity (Wildman–Crippen MR) is 61.6 cm³/mol. The van der Waals surface area contributed by atoms with Gasteiger partial charge in [0.25, 0.3) is 0 Å². The number of ketones is 1. The van der Waals surface area contributed by atoms with Crippen LogP contribution in [0.5, 0.6) is 0 Å². The number of hydrogen-bond donors (Lipinski definition) is 2. The van der Waals surface area contributed by atoms with E-state index < -0.39 is 6.04 Å². The number of nitrogens with one attached hydrogen (secondary N) is 1. The van der Waals surface area contributed by atoms with Crippen LogP contribution >= 0.6 is 0 Å². The fourth-order valence-electron chi connectivity index (χ4n) is 1.69. The lowest BCUT2D eigenvalue weighted by Crippen LogP contribution is -2.26. The van der Waals surface area contributed by atoms with Gasteiger partial charge < -0.3 is 11.1 Å². The molecule has 0 saturated carbocycles. The number of carbonyl (C=O) groups excluding carboxylic acids is 1. The molecule has 3 heteroatoms. The molecule has 1 heterocycles. The molecule has 3 N–H and O–H groups in total. The zero-order chi connectivity index (χ0) is 10.8. The molecule has 1 aromatic rings. The van der Waals surface area contributed by atoms with Gasteiger partial charge in [-0.05, 0) is 18.6 Å². The Balaban J connectivity index is 2.31. The number of benzene rings is 1. The summed E-state index contributed by atoms with van der Waals surface area (Å²) < 4.78 is 0. The Labute approximate surface area is 89.0 Å². The van der Waals surface area contributed by atoms with Gasteiger partial charge in [0.1, 0.15) is 5.78 Å². The topological polar surface area (TPSA) is 55.1 Å². The molecule has 1 aliphatic heterocycles. The summed E-state index contributed by atoms with van der Waals surface area (Å²) in [5, 5.41) is 3.26. The van der Waals surface area contributed by atoms with Crippen molar-refractivity contribution in [3.63, 3.8) is 0 Å².